The van der Waals surface area contributed by atoms with E-state index in [1.807, 2.05) is 42.5 Å². The van der Waals surface area contributed by atoms with Gasteiger partial charge in [-0.3, -0.25) is 0 Å². The second-order valence-corrected chi connectivity index (χ2v) is 6.74. The molecule has 2 aromatic carbocycles. The molecule has 0 radical (unpaired) electrons. The molecular weight excluding hydrogens is 349 g/mol. The zero-order valence-corrected chi connectivity index (χ0v) is 15.5. The number of nitrogens with zero attached hydrogens (tertiary/aromatic N) is 1. The lowest BCUT2D eigenvalue weighted by molar-refractivity contribution is -0.0842. The van der Waals surface area contributed by atoms with Crippen molar-refractivity contribution in [3.63, 3.8) is 0 Å². The quantitative estimate of drug-likeness (QED) is 0.323. The molecule has 134 valence electrons. The van der Waals surface area contributed by atoms with Crippen LogP contribution in [0.1, 0.15) is 11.1 Å². The maximum Gasteiger partial charge on any atom is 0.166 e. The molecule has 3 aromatic rings. The lowest BCUT2D eigenvalue weighted by Crippen LogP contribution is -2.15. The number of hydrogen-bond donors (Lipinski definition) is 0. The Labute approximate surface area is 156 Å². The van der Waals surface area contributed by atoms with Crippen LogP contribution in [0.15, 0.2) is 59.6 Å². The third kappa shape index (κ3) is 4.91. The second kappa shape index (κ2) is 8.94. The number of methoxy groups -OCH3 is 2. The molecule has 0 spiro atoms. The SMILES string of the molecule is COC(CSc1ccc2ccc(C=Cc3cccc(F)c3)cc2n1)OC. The maximum absolute atomic E-state index is 13.3. The van der Waals surface area contributed by atoms with Crippen LogP contribution in [0, 0.1) is 5.82 Å². The van der Waals surface area contributed by atoms with Crippen molar-refractivity contribution >= 4 is 34.8 Å². The van der Waals surface area contributed by atoms with Crippen LogP contribution in [0.2, 0.25) is 0 Å². The summed E-state index contributed by atoms with van der Waals surface area (Å²) >= 11 is 1.59. The van der Waals surface area contributed by atoms with Crippen LogP contribution in [0.5, 0.6) is 0 Å². The Balaban J connectivity index is 1.78. The highest BCUT2D eigenvalue weighted by molar-refractivity contribution is 7.99. The van der Waals surface area contributed by atoms with Crippen LogP contribution in [-0.4, -0.2) is 31.2 Å². The van der Waals surface area contributed by atoms with Gasteiger partial charge in [-0.15, -0.1) is 11.8 Å². The van der Waals surface area contributed by atoms with Crippen molar-refractivity contribution in [3.8, 4) is 0 Å². The summed E-state index contributed by atoms with van der Waals surface area (Å²) in [5, 5.41) is 2.00. The summed E-state index contributed by atoms with van der Waals surface area (Å²) in [7, 11) is 3.25. The van der Waals surface area contributed by atoms with Crippen LogP contribution >= 0.6 is 11.8 Å². The first-order chi connectivity index (χ1) is 12.7. The first kappa shape index (κ1) is 18.6. The van der Waals surface area contributed by atoms with Crippen LogP contribution in [-0.2, 0) is 9.47 Å². The van der Waals surface area contributed by atoms with E-state index in [0.29, 0.717) is 5.75 Å². The van der Waals surface area contributed by atoms with Gasteiger partial charge in [-0.2, -0.15) is 0 Å². The average molecular weight is 369 g/mol. The van der Waals surface area contributed by atoms with Gasteiger partial charge in [0.1, 0.15) is 5.82 Å². The minimum absolute atomic E-state index is 0.237. The van der Waals surface area contributed by atoms with E-state index in [9.17, 15) is 4.39 Å². The highest BCUT2D eigenvalue weighted by atomic mass is 32.2. The molecular formula is C21H20FNO2S. The van der Waals surface area contributed by atoms with Gasteiger partial charge in [-0.1, -0.05) is 42.5 Å². The lowest BCUT2D eigenvalue weighted by Gasteiger charge is -2.12. The molecule has 0 saturated carbocycles. The summed E-state index contributed by atoms with van der Waals surface area (Å²) in [5.41, 5.74) is 2.76. The summed E-state index contributed by atoms with van der Waals surface area (Å²) in [6.45, 7) is 0. The van der Waals surface area contributed by atoms with Crippen molar-refractivity contribution in [2.75, 3.05) is 20.0 Å². The normalized spacial score (nSPS) is 11.7. The van der Waals surface area contributed by atoms with Crippen molar-refractivity contribution in [1.29, 1.82) is 0 Å². The molecule has 0 aliphatic rings. The molecule has 0 amide bonds. The van der Waals surface area contributed by atoms with Gasteiger partial charge < -0.3 is 9.47 Å². The molecule has 0 aliphatic carbocycles. The molecule has 0 bridgehead atoms. The number of ether oxygens (including phenoxy) is 2. The molecule has 1 heterocycles. The van der Waals surface area contributed by atoms with Gasteiger partial charge in [-0.05, 0) is 35.4 Å². The van der Waals surface area contributed by atoms with E-state index < -0.39 is 0 Å². The summed E-state index contributed by atoms with van der Waals surface area (Å²) < 4.78 is 23.7. The minimum atomic E-state index is -0.252. The predicted molar refractivity (Wildman–Crippen MR) is 106 cm³/mol. The molecule has 1 aromatic heterocycles. The Hall–Kier alpha value is -2.21. The van der Waals surface area contributed by atoms with E-state index in [0.717, 1.165) is 27.1 Å². The Bertz CT molecular complexity index is 909. The Morgan fingerprint density at radius 3 is 2.46 bits per heavy atom. The summed E-state index contributed by atoms with van der Waals surface area (Å²) in [6, 6.07) is 16.7. The van der Waals surface area contributed by atoms with Crippen molar-refractivity contribution < 1.29 is 13.9 Å². The van der Waals surface area contributed by atoms with Crippen molar-refractivity contribution in [1.82, 2.24) is 4.98 Å². The number of thioether (sulfide) groups is 1. The molecule has 0 atom stereocenters. The first-order valence-electron chi connectivity index (χ1n) is 8.21. The van der Waals surface area contributed by atoms with Crippen molar-refractivity contribution in [2.24, 2.45) is 0 Å². The fourth-order valence-electron chi connectivity index (χ4n) is 2.49. The van der Waals surface area contributed by atoms with Crippen LogP contribution in [0.4, 0.5) is 4.39 Å². The topological polar surface area (TPSA) is 31.4 Å². The van der Waals surface area contributed by atoms with Gasteiger partial charge in [0, 0.05) is 19.6 Å². The molecule has 0 unspecified atom stereocenters. The van der Waals surface area contributed by atoms with Gasteiger partial charge in [-0.25, -0.2) is 9.37 Å². The standard InChI is InChI=1S/C21H20FNO2S/c1-24-21(25-2)14-26-20-11-10-17-9-8-16(13-19(17)23-20)7-6-15-4-3-5-18(22)12-15/h3-13,21H,14H2,1-2H3. The number of rotatable bonds is 7. The van der Waals surface area contributed by atoms with Gasteiger partial charge in [0.15, 0.2) is 6.29 Å². The van der Waals surface area contributed by atoms with E-state index in [1.54, 1.807) is 32.0 Å². The summed E-state index contributed by atoms with van der Waals surface area (Å²) in [4.78, 5) is 4.70. The molecule has 0 aliphatic heterocycles. The smallest absolute Gasteiger partial charge is 0.166 e. The summed E-state index contributed by atoms with van der Waals surface area (Å²) in [6.07, 6.45) is 3.60. The lowest BCUT2D eigenvalue weighted by atomic mass is 10.1. The third-order valence-electron chi connectivity index (χ3n) is 3.90. The van der Waals surface area contributed by atoms with Crippen LogP contribution < -0.4 is 0 Å². The molecule has 0 saturated heterocycles. The highest BCUT2D eigenvalue weighted by Crippen LogP contribution is 2.23. The maximum atomic E-state index is 13.3. The fraction of sp³-hybridized carbons (Fsp3) is 0.190. The largest absolute Gasteiger partial charge is 0.355 e. The number of pyridine rings is 1. The molecule has 3 nitrogen and oxygen atoms in total. The van der Waals surface area contributed by atoms with Gasteiger partial charge in [0.05, 0.1) is 16.3 Å². The highest BCUT2D eigenvalue weighted by Gasteiger charge is 2.07. The van der Waals surface area contributed by atoms with Crippen molar-refractivity contribution in [2.45, 2.75) is 11.3 Å². The molecule has 0 N–H and O–H groups in total. The Morgan fingerprint density at radius 2 is 1.73 bits per heavy atom. The number of aromatic nitrogens is 1. The molecule has 0 fully saturated rings. The number of halogens is 1. The van der Waals surface area contributed by atoms with E-state index in [2.05, 4.69) is 6.07 Å². The number of benzene rings is 2. The Kier molecular flexibility index (Phi) is 6.39. The monoisotopic (exact) mass is 369 g/mol. The first-order valence-corrected chi connectivity index (χ1v) is 9.19. The Morgan fingerprint density at radius 1 is 1.00 bits per heavy atom. The predicted octanol–water partition coefficient (Wildman–Crippen LogP) is 5.26. The van der Waals surface area contributed by atoms with Gasteiger partial charge in [0.25, 0.3) is 0 Å². The van der Waals surface area contributed by atoms with E-state index in [-0.39, 0.29) is 12.1 Å². The number of fused-ring (bicyclic) bond motifs is 1. The van der Waals surface area contributed by atoms with E-state index >= 15 is 0 Å². The molecule has 5 heteroatoms. The van der Waals surface area contributed by atoms with E-state index in [1.165, 1.54) is 12.1 Å². The van der Waals surface area contributed by atoms with E-state index in [4.69, 9.17) is 14.5 Å². The second-order valence-electron chi connectivity index (χ2n) is 5.70. The number of hydrogen-bond acceptors (Lipinski definition) is 4. The summed E-state index contributed by atoms with van der Waals surface area (Å²) in [5.74, 6) is 0.435. The van der Waals surface area contributed by atoms with Crippen molar-refractivity contribution in [3.05, 3.63) is 71.5 Å². The van der Waals surface area contributed by atoms with Gasteiger partial charge in [0.2, 0.25) is 0 Å². The third-order valence-corrected chi connectivity index (χ3v) is 4.86. The average Bonchev–Trinajstić information content (AvgIpc) is 2.67. The van der Waals surface area contributed by atoms with Gasteiger partial charge >= 0.3 is 0 Å². The zero-order chi connectivity index (χ0) is 18.4. The van der Waals surface area contributed by atoms with Crippen LogP contribution in [0.25, 0.3) is 23.1 Å². The van der Waals surface area contributed by atoms with Crippen LogP contribution in [0.3, 0.4) is 0 Å². The molecule has 26 heavy (non-hydrogen) atoms. The molecule has 3 rings (SSSR count). The zero-order valence-electron chi connectivity index (χ0n) is 14.7. The fourth-order valence-corrected chi connectivity index (χ4v) is 3.39. The minimum Gasteiger partial charge on any atom is -0.355 e.